The molecule has 0 N–H and O–H groups in total. The molecule has 2 nitrogen and oxygen atoms in total. The molecule has 0 unspecified atom stereocenters. The highest BCUT2D eigenvalue weighted by Gasteiger charge is 2.30. The maximum atomic E-state index is 5.83. The van der Waals surface area contributed by atoms with Crippen molar-refractivity contribution in [3.63, 3.8) is 0 Å². The molecule has 76 valence electrons. The molecule has 0 aliphatic rings. The molecule has 0 saturated heterocycles. The molecule has 3 heteroatoms. The van der Waals surface area contributed by atoms with Crippen LogP contribution in [0.3, 0.4) is 0 Å². The predicted octanol–water partition coefficient (Wildman–Crippen LogP) is 2.87. The minimum absolute atomic E-state index is 0.309. The van der Waals surface area contributed by atoms with Crippen molar-refractivity contribution in [3.05, 3.63) is 25.3 Å². The number of hydrogen-bond donors (Lipinski definition) is 0. The summed E-state index contributed by atoms with van der Waals surface area (Å²) in [5, 5.41) is 0. The van der Waals surface area contributed by atoms with Gasteiger partial charge >= 0.3 is 8.56 Å². The summed E-state index contributed by atoms with van der Waals surface area (Å²) in [5.74, 6) is 0. The Morgan fingerprint density at radius 2 is 1.85 bits per heavy atom. The van der Waals surface area contributed by atoms with Crippen molar-refractivity contribution in [1.82, 2.24) is 0 Å². The topological polar surface area (TPSA) is 18.5 Å². The molecule has 13 heavy (non-hydrogen) atoms. The SMILES string of the molecule is C=CCO[Si](C)(C)OC(C)(C)C=C. The summed E-state index contributed by atoms with van der Waals surface area (Å²) in [7, 11) is -2.02. The molecule has 0 radical (unpaired) electrons. The second-order valence-electron chi connectivity index (χ2n) is 3.91. The fourth-order valence-electron chi connectivity index (χ4n) is 0.964. The van der Waals surface area contributed by atoms with Gasteiger partial charge in [-0.1, -0.05) is 12.2 Å². The van der Waals surface area contributed by atoms with Gasteiger partial charge in [0.2, 0.25) is 0 Å². The number of hydrogen-bond acceptors (Lipinski definition) is 2. The Kier molecular flexibility index (Phi) is 4.60. The van der Waals surface area contributed by atoms with Crippen LogP contribution in [-0.2, 0) is 8.85 Å². The number of rotatable bonds is 6. The van der Waals surface area contributed by atoms with E-state index in [0.29, 0.717) is 6.61 Å². The van der Waals surface area contributed by atoms with Gasteiger partial charge in [0.1, 0.15) is 0 Å². The smallest absolute Gasteiger partial charge is 0.332 e. The lowest BCUT2D eigenvalue weighted by Gasteiger charge is -2.31. The molecule has 0 heterocycles. The van der Waals surface area contributed by atoms with Crippen LogP contribution in [0.5, 0.6) is 0 Å². The molecular formula is C10H20O2Si. The summed E-state index contributed by atoms with van der Waals surface area (Å²) in [6.07, 6.45) is 3.53. The molecule has 0 aliphatic carbocycles. The summed E-state index contributed by atoms with van der Waals surface area (Å²) >= 11 is 0. The molecule has 0 bridgehead atoms. The minimum atomic E-state index is -2.02. The molecule has 0 spiro atoms. The van der Waals surface area contributed by atoms with E-state index in [-0.39, 0.29) is 5.60 Å². The summed E-state index contributed by atoms with van der Waals surface area (Å²) in [5.41, 5.74) is -0.309. The first-order chi connectivity index (χ1) is 5.83. The highest BCUT2D eigenvalue weighted by Crippen LogP contribution is 2.18. The van der Waals surface area contributed by atoms with Crippen LogP contribution in [0.25, 0.3) is 0 Å². The Labute approximate surface area is 82.5 Å². The lowest BCUT2D eigenvalue weighted by Crippen LogP contribution is -2.42. The van der Waals surface area contributed by atoms with Crippen molar-refractivity contribution in [2.24, 2.45) is 0 Å². The fourth-order valence-corrected chi connectivity index (χ4v) is 2.89. The lowest BCUT2D eigenvalue weighted by atomic mass is 10.1. The average molecular weight is 200 g/mol. The minimum Gasteiger partial charge on any atom is -0.391 e. The maximum absolute atomic E-state index is 5.83. The average Bonchev–Trinajstić information content (AvgIpc) is 1.99. The van der Waals surface area contributed by atoms with E-state index in [1.165, 1.54) is 0 Å². The van der Waals surface area contributed by atoms with Crippen molar-refractivity contribution >= 4 is 8.56 Å². The zero-order chi connectivity index (χ0) is 10.5. The molecule has 0 aliphatic heterocycles. The van der Waals surface area contributed by atoms with Crippen LogP contribution < -0.4 is 0 Å². The van der Waals surface area contributed by atoms with Crippen molar-refractivity contribution in [3.8, 4) is 0 Å². The zero-order valence-electron chi connectivity index (χ0n) is 9.09. The third kappa shape index (κ3) is 5.79. The summed E-state index contributed by atoms with van der Waals surface area (Å²) in [4.78, 5) is 0. The Morgan fingerprint density at radius 3 is 2.23 bits per heavy atom. The highest BCUT2D eigenvalue weighted by molar-refractivity contribution is 6.64. The fraction of sp³-hybridized carbons (Fsp3) is 0.600. The van der Waals surface area contributed by atoms with Gasteiger partial charge in [-0.05, 0) is 26.9 Å². The highest BCUT2D eigenvalue weighted by atomic mass is 28.4. The van der Waals surface area contributed by atoms with E-state index in [9.17, 15) is 0 Å². The van der Waals surface area contributed by atoms with E-state index in [1.54, 1.807) is 12.2 Å². The molecule has 0 rings (SSSR count). The van der Waals surface area contributed by atoms with E-state index in [2.05, 4.69) is 13.2 Å². The lowest BCUT2D eigenvalue weighted by molar-refractivity contribution is 0.0978. The Morgan fingerprint density at radius 1 is 1.31 bits per heavy atom. The molecule has 0 amide bonds. The molecule has 0 aromatic carbocycles. The standard InChI is InChI=1S/C10H20O2Si/c1-7-9-11-13(5,6)12-10(3,4)8-2/h7-8H,1-2,9H2,3-6H3. The molecule has 0 atom stereocenters. The van der Waals surface area contributed by atoms with Gasteiger partial charge in [0.15, 0.2) is 0 Å². The van der Waals surface area contributed by atoms with Crippen LogP contribution >= 0.6 is 0 Å². The Hall–Kier alpha value is -0.383. The molecular weight excluding hydrogens is 180 g/mol. The largest absolute Gasteiger partial charge is 0.391 e. The summed E-state index contributed by atoms with van der Waals surface area (Å²) < 4.78 is 11.4. The zero-order valence-corrected chi connectivity index (χ0v) is 10.1. The third-order valence-electron chi connectivity index (χ3n) is 1.55. The van der Waals surface area contributed by atoms with E-state index >= 15 is 0 Å². The first-order valence-electron chi connectivity index (χ1n) is 4.41. The molecule has 0 saturated carbocycles. The maximum Gasteiger partial charge on any atom is 0.332 e. The predicted molar refractivity (Wildman–Crippen MR) is 59.0 cm³/mol. The van der Waals surface area contributed by atoms with Crippen LogP contribution in [0.15, 0.2) is 25.3 Å². The van der Waals surface area contributed by atoms with Crippen molar-refractivity contribution in [2.45, 2.75) is 32.5 Å². The van der Waals surface area contributed by atoms with Crippen LogP contribution in [0.1, 0.15) is 13.8 Å². The van der Waals surface area contributed by atoms with Crippen molar-refractivity contribution < 1.29 is 8.85 Å². The van der Waals surface area contributed by atoms with Gasteiger partial charge in [0.25, 0.3) is 0 Å². The second kappa shape index (κ2) is 4.74. The Balaban J connectivity index is 4.14. The van der Waals surface area contributed by atoms with E-state index in [0.717, 1.165) is 0 Å². The second-order valence-corrected chi connectivity index (χ2v) is 7.20. The van der Waals surface area contributed by atoms with Gasteiger partial charge in [0, 0.05) is 0 Å². The van der Waals surface area contributed by atoms with Crippen LogP contribution in [0, 0.1) is 0 Å². The van der Waals surface area contributed by atoms with Gasteiger partial charge in [-0.15, -0.1) is 13.2 Å². The summed E-state index contributed by atoms with van der Waals surface area (Å²) in [6, 6.07) is 0. The van der Waals surface area contributed by atoms with Gasteiger partial charge < -0.3 is 8.85 Å². The van der Waals surface area contributed by atoms with Crippen molar-refractivity contribution in [2.75, 3.05) is 6.61 Å². The quantitative estimate of drug-likeness (QED) is 0.485. The molecule has 0 fully saturated rings. The summed E-state index contributed by atoms with van der Waals surface area (Å²) in [6.45, 7) is 15.9. The van der Waals surface area contributed by atoms with Gasteiger partial charge in [-0.2, -0.15) is 0 Å². The van der Waals surface area contributed by atoms with Gasteiger partial charge in [-0.3, -0.25) is 0 Å². The van der Waals surface area contributed by atoms with Crippen LogP contribution in [0.4, 0.5) is 0 Å². The molecule has 0 aromatic heterocycles. The van der Waals surface area contributed by atoms with Crippen LogP contribution in [0.2, 0.25) is 13.1 Å². The normalized spacial score (nSPS) is 12.6. The van der Waals surface area contributed by atoms with E-state index in [4.69, 9.17) is 8.85 Å². The first kappa shape index (κ1) is 12.6. The van der Waals surface area contributed by atoms with E-state index < -0.39 is 8.56 Å². The van der Waals surface area contributed by atoms with Crippen molar-refractivity contribution in [1.29, 1.82) is 0 Å². The third-order valence-corrected chi connectivity index (χ3v) is 3.43. The van der Waals surface area contributed by atoms with Crippen LogP contribution in [-0.4, -0.2) is 20.8 Å². The molecule has 0 aromatic rings. The first-order valence-corrected chi connectivity index (χ1v) is 7.23. The monoisotopic (exact) mass is 200 g/mol. The van der Waals surface area contributed by atoms with E-state index in [1.807, 2.05) is 26.9 Å². The van der Waals surface area contributed by atoms with Gasteiger partial charge in [0.05, 0.1) is 12.2 Å². The van der Waals surface area contributed by atoms with Gasteiger partial charge in [-0.25, -0.2) is 0 Å². The Bertz CT molecular complexity index is 185.